The molecular weight excluding hydrogens is 184 g/mol. The van der Waals surface area contributed by atoms with Crippen LogP contribution in [0, 0.1) is 13.8 Å². The fourth-order valence-electron chi connectivity index (χ4n) is 1.72. The van der Waals surface area contributed by atoms with Crippen molar-refractivity contribution in [3.8, 4) is 11.3 Å². The van der Waals surface area contributed by atoms with Gasteiger partial charge in [-0.3, -0.25) is 0 Å². The van der Waals surface area contributed by atoms with Crippen molar-refractivity contribution >= 4 is 6.08 Å². The molecule has 0 amide bonds. The number of hydrogen-bond donors (Lipinski definition) is 0. The van der Waals surface area contributed by atoms with Gasteiger partial charge in [-0.25, -0.2) is 0 Å². The quantitative estimate of drug-likeness (QED) is 0.704. The summed E-state index contributed by atoms with van der Waals surface area (Å²) in [6, 6.07) is 10.1. The molecule has 15 heavy (non-hydrogen) atoms. The Hall–Kier alpha value is -1.76. The molecule has 1 aromatic heterocycles. The van der Waals surface area contributed by atoms with Crippen molar-refractivity contribution in [3.05, 3.63) is 53.8 Å². The molecule has 2 aromatic rings. The summed E-state index contributed by atoms with van der Waals surface area (Å²) in [5.74, 6) is 1.86. The van der Waals surface area contributed by atoms with Crippen molar-refractivity contribution in [2.24, 2.45) is 0 Å². The van der Waals surface area contributed by atoms with E-state index in [-0.39, 0.29) is 0 Å². The van der Waals surface area contributed by atoms with Crippen LogP contribution in [0.25, 0.3) is 17.4 Å². The highest BCUT2D eigenvalue weighted by atomic mass is 16.3. The molecule has 1 nitrogen and oxygen atoms in total. The van der Waals surface area contributed by atoms with E-state index in [2.05, 4.69) is 25.6 Å². The summed E-state index contributed by atoms with van der Waals surface area (Å²) in [5, 5.41) is 0. The average Bonchev–Trinajstić information content (AvgIpc) is 2.65. The normalized spacial score (nSPS) is 10.3. The lowest BCUT2D eigenvalue weighted by Crippen LogP contribution is -1.84. The lowest BCUT2D eigenvalue weighted by atomic mass is 10.0. The first-order chi connectivity index (χ1) is 7.22. The maximum Gasteiger partial charge on any atom is 0.134 e. The van der Waals surface area contributed by atoms with Crippen molar-refractivity contribution in [2.75, 3.05) is 0 Å². The van der Waals surface area contributed by atoms with Crippen LogP contribution in [-0.2, 0) is 0 Å². The van der Waals surface area contributed by atoms with Crippen molar-refractivity contribution in [3.63, 3.8) is 0 Å². The molecule has 0 radical (unpaired) electrons. The fourth-order valence-corrected chi connectivity index (χ4v) is 1.72. The summed E-state index contributed by atoms with van der Waals surface area (Å²) in [6.07, 6.45) is 1.87. The number of furan rings is 1. The number of rotatable bonds is 2. The maximum atomic E-state index is 5.62. The van der Waals surface area contributed by atoms with Crippen molar-refractivity contribution in [2.45, 2.75) is 13.8 Å². The molecule has 0 fully saturated rings. The molecule has 0 aliphatic heterocycles. The summed E-state index contributed by atoms with van der Waals surface area (Å²) in [7, 11) is 0. The van der Waals surface area contributed by atoms with E-state index in [4.69, 9.17) is 4.42 Å². The molecule has 0 bridgehead atoms. The molecule has 1 aromatic carbocycles. The Bertz CT molecular complexity index is 492. The third-order valence-corrected chi connectivity index (χ3v) is 2.60. The molecule has 0 saturated carbocycles. The van der Waals surface area contributed by atoms with Crippen LogP contribution >= 0.6 is 0 Å². The Morgan fingerprint density at radius 3 is 2.53 bits per heavy atom. The molecule has 0 spiro atoms. The molecule has 0 saturated heterocycles. The van der Waals surface area contributed by atoms with Gasteiger partial charge < -0.3 is 4.42 Å². The minimum Gasteiger partial charge on any atom is -0.461 e. The summed E-state index contributed by atoms with van der Waals surface area (Å²) < 4.78 is 5.62. The van der Waals surface area contributed by atoms with Gasteiger partial charge in [-0.15, -0.1) is 0 Å². The standard InChI is InChI=1S/C14H14O/c1-4-12-6-5-7-13(11(12)3)14-9-8-10(2)15-14/h4-9H,1H2,2-3H3. The third kappa shape index (κ3) is 1.73. The predicted molar refractivity (Wildman–Crippen MR) is 63.7 cm³/mol. The number of hydrogen-bond acceptors (Lipinski definition) is 1. The molecule has 1 heteroatoms. The van der Waals surface area contributed by atoms with Gasteiger partial charge in [0.1, 0.15) is 11.5 Å². The highest BCUT2D eigenvalue weighted by Crippen LogP contribution is 2.27. The van der Waals surface area contributed by atoms with Gasteiger partial charge in [0.25, 0.3) is 0 Å². The second-order valence-corrected chi connectivity index (χ2v) is 3.63. The SMILES string of the molecule is C=Cc1cccc(-c2ccc(C)o2)c1C. The van der Waals surface area contributed by atoms with Crippen LogP contribution in [0.2, 0.25) is 0 Å². The van der Waals surface area contributed by atoms with Gasteiger partial charge in [-0.2, -0.15) is 0 Å². The molecule has 0 aliphatic carbocycles. The molecule has 2 rings (SSSR count). The van der Waals surface area contributed by atoms with Gasteiger partial charge in [0, 0.05) is 5.56 Å². The minimum atomic E-state index is 0.925. The zero-order valence-electron chi connectivity index (χ0n) is 9.08. The van der Waals surface area contributed by atoms with Gasteiger partial charge in [-0.1, -0.05) is 30.9 Å². The molecule has 0 unspecified atom stereocenters. The van der Waals surface area contributed by atoms with E-state index >= 15 is 0 Å². The Morgan fingerprint density at radius 1 is 1.13 bits per heavy atom. The summed E-state index contributed by atoms with van der Waals surface area (Å²) in [4.78, 5) is 0. The Morgan fingerprint density at radius 2 is 1.93 bits per heavy atom. The van der Waals surface area contributed by atoms with Crippen LogP contribution < -0.4 is 0 Å². The van der Waals surface area contributed by atoms with Crippen LogP contribution in [0.4, 0.5) is 0 Å². The van der Waals surface area contributed by atoms with Gasteiger partial charge >= 0.3 is 0 Å². The fraction of sp³-hybridized carbons (Fsp3) is 0.143. The van der Waals surface area contributed by atoms with Crippen LogP contribution in [0.5, 0.6) is 0 Å². The predicted octanol–water partition coefficient (Wildman–Crippen LogP) is 4.21. The molecule has 0 aliphatic rings. The second kappa shape index (κ2) is 3.77. The van der Waals surface area contributed by atoms with Gasteiger partial charge in [0.05, 0.1) is 0 Å². The Kier molecular flexibility index (Phi) is 2.46. The highest BCUT2D eigenvalue weighted by Gasteiger charge is 2.07. The van der Waals surface area contributed by atoms with E-state index in [9.17, 15) is 0 Å². The topological polar surface area (TPSA) is 13.1 Å². The molecule has 1 heterocycles. The molecule has 0 atom stereocenters. The number of benzene rings is 1. The van der Waals surface area contributed by atoms with E-state index in [0.29, 0.717) is 0 Å². The van der Waals surface area contributed by atoms with Crippen molar-refractivity contribution in [1.82, 2.24) is 0 Å². The Labute approximate surface area is 90.1 Å². The Balaban J connectivity index is 2.58. The van der Waals surface area contributed by atoms with Crippen LogP contribution in [-0.4, -0.2) is 0 Å². The highest BCUT2D eigenvalue weighted by molar-refractivity contribution is 5.68. The van der Waals surface area contributed by atoms with E-state index in [1.165, 1.54) is 5.56 Å². The summed E-state index contributed by atoms with van der Waals surface area (Å²) in [5.41, 5.74) is 3.50. The van der Waals surface area contributed by atoms with E-state index < -0.39 is 0 Å². The maximum absolute atomic E-state index is 5.62. The molecule has 76 valence electrons. The van der Waals surface area contributed by atoms with Crippen LogP contribution in [0.15, 0.2) is 41.3 Å². The minimum absolute atomic E-state index is 0.925. The van der Waals surface area contributed by atoms with Crippen molar-refractivity contribution < 1.29 is 4.42 Å². The first-order valence-corrected chi connectivity index (χ1v) is 5.01. The van der Waals surface area contributed by atoms with E-state index in [0.717, 1.165) is 22.6 Å². The number of aryl methyl sites for hydroxylation is 1. The van der Waals surface area contributed by atoms with E-state index in [1.807, 2.05) is 31.2 Å². The first-order valence-electron chi connectivity index (χ1n) is 5.01. The van der Waals surface area contributed by atoms with Gasteiger partial charge in [-0.05, 0) is 37.1 Å². The summed E-state index contributed by atoms with van der Waals surface area (Å²) >= 11 is 0. The second-order valence-electron chi connectivity index (χ2n) is 3.63. The van der Waals surface area contributed by atoms with Crippen molar-refractivity contribution in [1.29, 1.82) is 0 Å². The summed E-state index contributed by atoms with van der Waals surface area (Å²) in [6.45, 7) is 7.84. The van der Waals surface area contributed by atoms with Gasteiger partial charge in [0.2, 0.25) is 0 Å². The zero-order chi connectivity index (χ0) is 10.8. The monoisotopic (exact) mass is 198 g/mol. The lowest BCUT2D eigenvalue weighted by molar-refractivity contribution is 0.548. The molecular formula is C14H14O. The lowest BCUT2D eigenvalue weighted by Gasteiger charge is -2.05. The molecule has 0 N–H and O–H groups in total. The van der Waals surface area contributed by atoms with Gasteiger partial charge in [0.15, 0.2) is 0 Å². The van der Waals surface area contributed by atoms with Crippen LogP contribution in [0.1, 0.15) is 16.9 Å². The average molecular weight is 198 g/mol. The van der Waals surface area contributed by atoms with Crippen LogP contribution in [0.3, 0.4) is 0 Å². The largest absolute Gasteiger partial charge is 0.461 e. The first kappa shape index (κ1) is 9.78. The zero-order valence-corrected chi connectivity index (χ0v) is 9.08. The van der Waals surface area contributed by atoms with E-state index in [1.54, 1.807) is 0 Å². The smallest absolute Gasteiger partial charge is 0.134 e. The third-order valence-electron chi connectivity index (χ3n) is 2.60.